The van der Waals surface area contributed by atoms with E-state index in [1.807, 2.05) is 30.3 Å². The molecule has 1 aromatic heterocycles. The highest BCUT2D eigenvalue weighted by atomic mass is 35.5. The van der Waals surface area contributed by atoms with Crippen LogP contribution >= 0.6 is 11.6 Å². The van der Waals surface area contributed by atoms with Gasteiger partial charge in [0, 0.05) is 23.2 Å². The number of hydrogen-bond donors (Lipinski definition) is 1. The van der Waals surface area contributed by atoms with Gasteiger partial charge in [-0.3, -0.25) is 4.98 Å². The number of aromatic nitrogens is 1. The summed E-state index contributed by atoms with van der Waals surface area (Å²) in [4.78, 5) is 4.25. The molecule has 0 aliphatic carbocycles. The van der Waals surface area contributed by atoms with E-state index in [1.54, 1.807) is 6.20 Å². The Labute approximate surface area is 114 Å². The number of halogens is 2. The molecule has 0 radical (unpaired) electrons. The Morgan fingerprint density at radius 2 is 1.95 bits per heavy atom. The number of rotatable bonds is 1. The third-order valence-electron chi connectivity index (χ3n) is 2.96. The van der Waals surface area contributed by atoms with E-state index in [0.29, 0.717) is 5.56 Å². The minimum atomic E-state index is -0.637. The van der Waals surface area contributed by atoms with Crippen molar-refractivity contribution in [1.82, 2.24) is 4.98 Å². The maximum Gasteiger partial charge on any atom is 0.145 e. The first kappa shape index (κ1) is 11.9. The molecule has 3 aromatic rings. The van der Waals surface area contributed by atoms with E-state index >= 15 is 0 Å². The van der Waals surface area contributed by atoms with Crippen LogP contribution in [0.4, 0.5) is 4.39 Å². The molecule has 0 fully saturated rings. The summed E-state index contributed by atoms with van der Waals surface area (Å²) in [6.45, 7) is 0. The smallest absolute Gasteiger partial charge is 0.145 e. The van der Waals surface area contributed by atoms with E-state index in [0.717, 1.165) is 22.5 Å². The lowest BCUT2D eigenvalue weighted by Crippen LogP contribution is -1.85. The van der Waals surface area contributed by atoms with Crippen molar-refractivity contribution < 1.29 is 9.50 Å². The minimum Gasteiger partial charge on any atom is -0.507 e. The molecule has 2 aromatic carbocycles. The van der Waals surface area contributed by atoms with Crippen molar-refractivity contribution >= 4 is 22.5 Å². The van der Waals surface area contributed by atoms with E-state index in [4.69, 9.17) is 11.6 Å². The van der Waals surface area contributed by atoms with E-state index in [2.05, 4.69) is 4.98 Å². The summed E-state index contributed by atoms with van der Waals surface area (Å²) in [6, 6.07) is 11.8. The van der Waals surface area contributed by atoms with Crippen LogP contribution in [0, 0.1) is 5.82 Å². The van der Waals surface area contributed by atoms with Crippen LogP contribution in [0.1, 0.15) is 0 Å². The quantitative estimate of drug-likeness (QED) is 0.713. The molecular formula is C15H9ClFNO. The van der Waals surface area contributed by atoms with E-state index in [9.17, 15) is 9.50 Å². The molecule has 1 heterocycles. The third-order valence-corrected chi connectivity index (χ3v) is 3.25. The Morgan fingerprint density at radius 3 is 2.79 bits per heavy atom. The van der Waals surface area contributed by atoms with Gasteiger partial charge in [-0.15, -0.1) is 0 Å². The van der Waals surface area contributed by atoms with Crippen LogP contribution in [-0.2, 0) is 0 Å². The summed E-state index contributed by atoms with van der Waals surface area (Å²) in [7, 11) is 0. The van der Waals surface area contributed by atoms with Crippen molar-refractivity contribution in [2.45, 2.75) is 0 Å². The Bertz CT molecular complexity index is 773. The van der Waals surface area contributed by atoms with Gasteiger partial charge in [-0.1, -0.05) is 29.8 Å². The topological polar surface area (TPSA) is 33.1 Å². The summed E-state index contributed by atoms with van der Waals surface area (Å²) in [5.41, 5.74) is 2.03. The van der Waals surface area contributed by atoms with Gasteiger partial charge in [0.25, 0.3) is 0 Å². The first-order chi connectivity index (χ1) is 9.15. The summed E-state index contributed by atoms with van der Waals surface area (Å²) in [5, 5.41) is 10.8. The number of benzene rings is 2. The van der Waals surface area contributed by atoms with E-state index in [-0.39, 0.29) is 10.8 Å². The molecule has 0 bridgehead atoms. The molecule has 0 amide bonds. The number of nitrogens with zero attached hydrogens (tertiary/aromatic N) is 1. The number of phenols is 1. The molecule has 0 saturated heterocycles. The number of hydrogen-bond acceptors (Lipinski definition) is 2. The molecule has 0 saturated carbocycles. The van der Waals surface area contributed by atoms with Crippen LogP contribution in [0.5, 0.6) is 5.75 Å². The van der Waals surface area contributed by atoms with Gasteiger partial charge in [0.1, 0.15) is 11.6 Å². The lowest BCUT2D eigenvalue weighted by Gasteiger charge is -2.07. The van der Waals surface area contributed by atoms with Crippen LogP contribution in [0.2, 0.25) is 5.02 Å². The SMILES string of the molecule is Oc1cc(F)c(Cl)cc1-c1ccc2cccnc2c1. The Hall–Kier alpha value is -2.13. The molecule has 1 N–H and O–H groups in total. The van der Waals surface area contributed by atoms with Gasteiger partial charge in [0.2, 0.25) is 0 Å². The van der Waals surface area contributed by atoms with Gasteiger partial charge in [-0.2, -0.15) is 0 Å². The van der Waals surface area contributed by atoms with Crippen molar-refractivity contribution in [3.8, 4) is 16.9 Å². The Morgan fingerprint density at radius 1 is 1.11 bits per heavy atom. The fourth-order valence-electron chi connectivity index (χ4n) is 2.00. The lowest BCUT2D eigenvalue weighted by atomic mass is 10.0. The second-order valence-electron chi connectivity index (χ2n) is 4.19. The zero-order valence-electron chi connectivity index (χ0n) is 9.77. The average Bonchev–Trinajstić information content (AvgIpc) is 2.42. The summed E-state index contributed by atoms with van der Waals surface area (Å²) >= 11 is 5.75. The highest BCUT2D eigenvalue weighted by molar-refractivity contribution is 6.31. The zero-order chi connectivity index (χ0) is 13.4. The summed E-state index contributed by atoms with van der Waals surface area (Å²) < 4.78 is 13.2. The van der Waals surface area contributed by atoms with Crippen LogP contribution in [0.25, 0.3) is 22.0 Å². The number of fused-ring (bicyclic) bond motifs is 1. The summed E-state index contributed by atoms with van der Waals surface area (Å²) in [5.74, 6) is -0.779. The second kappa shape index (κ2) is 4.52. The normalized spacial score (nSPS) is 10.8. The molecule has 0 aliphatic rings. The van der Waals surface area contributed by atoms with Gasteiger partial charge >= 0.3 is 0 Å². The Kier molecular flexibility index (Phi) is 2.84. The van der Waals surface area contributed by atoms with Crippen molar-refractivity contribution in [2.75, 3.05) is 0 Å². The van der Waals surface area contributed by atoms with Crippen molar-refractivity contribution in [1.29, 1.82) is 0 Å². The van der Waals surface area contributed by atoms with E-state index < -0.39 is 5.82 Å². The van der Waals surface area contributed by atoms with Gasteiger partial charge in [-0.25, -0.2) is 4.39 Å². The molecule has 0 spiro atoms. The molecular weight excluding hydrogens is 265 g/mol. The molecule has 19 heavy (non-hydrogen) atoms. The van der Waals surface area contributed by atoms with Crippen molar-refractivity contribution in [3.05, 3.63) is 59.5 Å². The molecule has 94 valence electrons. The van der Waals surface area contributed by atoms with Gasteiger partial charge in [-0.05, 0) is 23.8 Å². The predicted molar refractivity (Wildman–Crippen MR) is 73.8 cm³/mol. The van der Waals surface area contributed by atoms with E-state index in [1.165, 1.54) is 6.07 Å². The lowest BCUT2D eigenvalue weighted by molar-refractivity contribution is 0.471. The average molecular weight is 274 g/mol. The zero-order valence-corrected chi connectivity index (χ0v) is 10.5. The van der Waals surface area contributed by atoms with Crippen molar-refractivity contribution in [2.24, 2.45) is 0 Å². The first-order valence-corrected chi connectivity index (χ1v) is 6.06. The molecule has 0 aliphatic heterocycles. The number of aromatic hydroxyl groups is 1. The number of pyridine rings is 1. The molecule has 2 nitrogen and oxygen atoms in total. The highest BCUT2D eigenvalue weighted by Crippen LogP contribution is 2.34. The summed E-state index contributed by atoms with van der Waals surface area (Å²) in [6.07, 6.45) is 1.70. The maximum absolute atomic E-state index is 13.2. The van der Waals surface area contributed by atoms with Crippen LogP contribution < -0.4 is 0 Å². The van der Waals surface area contributed by atoms with Crippen molar-refractivity contribution in [3.63, 3.8) is 0 Å². The number of phenolic OH excluding ortho intramolecular Hbond substituents is 1. The second-order valence-corrected chi connectivity index (χ2v) is 4.60. The fourth-order valence-corrected chi connectivity index (χ4v) is 2.17. The predicted octanol–water partition coefficient (Wildman–Crippen LogP) is 4.40. The van der Waals surface area contributed by atoms with Crippen LogP contribution in [0.3, 0.4) is 0 Å². The third kappa shape index (κ3) is 2.13. The van der Waals surface area contributed by atoms with Gasteiger partial charge in [0.15, 0.2) is 0 Å². The highest BCUT2D eigenvalue weighted by Gasteiger charge is 2.10. The van der Waals surface area contributed by atoms with Crippen LogP contribution in [-0.4, -0.2) is 10.1 Å². The standard InChI is InChI=1S/C15H9ClFNO/c16-12-7-11(15(19)8-13(12)17)10-4-3-9-2-1-5-18-14(9)6-10/h1-8,19H. The molecule has 4 heteroatoms. The van der Waals surface area contributed by atoms with Gasteiger partial charge < -0.3 is 5.11 Å². The minimum absolute atomic E-state index is 0.0195. The monoisotopic (exact) mass is 273 g/mol. The largest absolute Gasteiger partial charge is 0.507 e. The Balaban J connectivity index is 2.21. The maximum atomic E-state index is 13.2. The molecule has 0 unspecified atom stereocenters. The van der Waals surface area contributed by atoms with Crippen LogP contribution in [0.15, 0.2) is 48.7 Å². The van der Waals surface area contributed by atoms with Gasteiger partial charge in [0.05, 0.1) is 10.5 Å². The fraction of sp³-hybridized carbons (Fsp3) is 0. The molecule has 3 rings (SSSR count). The first-order valence-electron chi connectivity index (χ1n) is 5.68. The molecule has 0 atom stereocenters.